The number of aromatic hydroxyl groups is 2. The van der Waals surface area contributed by atoms with Crippen LogP contribution in [0.1, 0.15) is 167 Å². The highest BCUT2D eigenvalue weighted by atomic mass is 127. The van der Waals surface area contributed by atoms with Crippen LogP contribution < -0.4 is 14.2 Å². The van der Waals surface area contributed by atoms with Gasteiger partial charge in [-0.3, -0.25) is 0 Å². The van der Waals surface area contributed by atoms with Crippen LogP contribution in [-0.4, -0.2) is 67.0 Å². The number of phenolic OH excluding ortho intramolecular Hbond substituents is 2. The first-order valence-electron chi connectivity index (χ1n) is 25.5. The zero-order valence-corrected chi connectivity index (χ0v) is 57.2. The summed E-state index contributed by atoms with van der Waals surface area (Å²) in [4.78, 5) is 46.5. The number of carbonyl (C=O) groups excluding carboxylic acids is 4. The molecule has 4 rings (SSSR count). The van der Waals surface area contributed by atoms with Crippen LogP contribution in [0.15, 0.2) is 115 Å². The molecule has 0 amide bonds. The molecule has 0 radical (unpaired) electrons. The normalized spacial score (nSPS) is 13.0. The van der Waals surface area contributed by atoms with Gasteiger partial charge in [0.1, 0.15) is 40.7 Å². The van der Waals surface area contributed by atoms with E-state index in [2.05, 4.69) is 71.5 Å². The number of carbonyl (C=O) groups is 4. The Kier molecular flexibility index (Phi) is 39.9. The summed E-state index contributed by atoms with van der Waals surface area (Å²) in [5, 5.41) is 18.9. The maximum Gasteiger partial charge on any atom is 0.333 e. The van der Waals surface area contributed by atoms with Crippen molar-refractivity contribution in [2.24, 2.45) is 0 Å². The van der Waals surface area contributed by atoms with Gasteiger partial charge in [-0.15, -0.1) is 0 Å². The van der Waals surface area contributed by atoms with Gasteiger partial charge in [0.25, 0.3) is 0 Å². The van der Waals surface area contributed by atoms with Crippen LogP contribution in [0.5, 0.6) is 28.7 Å². The largest absolute Gasteiger partial charge is 0.507 e. The summed E-state index contributed by atoms with van der Waals surface area (Å²) in [6, 6.07) is 19.8. The molecule has 464 valence electrons. The molecule has 4 aromatic carbocycles. The topological polar surface area (TPSA) is 192 Å². The van der Waals surface area contributed by atoms with E-state index < -0.39 is 35.4 Å². The zero-order valence-electron chi connectivity index (χ0n) is 48.5. The van der Waals surface area contributed by atoms with E-state index in [1.807, 2.05) is 144 Å². The van der Waals surface area contributed by atoms with Gasteiger partial charge in [0, 0.05) is 41.1 Å². The number of benzene rings is 4. The second-order valence-electron chi connectivity index (χ2n) is 18.5. The average Bonchev–Trinajstić information content (AvgIpc) is 3.39. The Morgan fingerprint density at radius 2 is 0.880 bits per heavy atom. The van der Waals surface area contributed by atoms with Gasteiger partial charge in [0.05, 0.1) is 21.4 Å². The fourth-order valence-electron chi connectivity index (χ4n) is 6.41. The average molecular weight is 1610 g/mol. The lowest BCUT2D eigenvalue weighted by Crippen LogP contribution is -2.29. The lowest BCUT2D eigenvalue weighted by atomic mass is 9.92. The van der Waals surface area contributed by atoms with Gasteiger partial charge in [-0.25, -0.2) is 19.2 Å². The standard InChI is InChI=1S/C19H27IO5.C16H21IO4.C14H17IO3.C12H13IO3.3CH4/c1-8-19(6,25-18(21)12(3)4)14-10-15(20)17(16(11-14)22-7)24-13(5)23-9-2;1-6-19-12(5)21-15-8-7-13(9-14(15)17)11(4)20-16(18)10(2)3;1-5-14(4,18-13(17)9(2)3)10-6-7-12(16)11(15)8-10;1-7(2)12(15)16-8(3)9-4-5-11(14)10(13)6-9;;;/h10-11,13H,3,8-9H2,1-2,4-7H3;7-9,11-12H,2,6H2,1,3-5H3;6-8,16H,2,5H2,1,3-4H3;4-6,8,14H,1H2,2-3H3;3*1H4. The molecule has 0 aliphatic rings. The van der Waals surface area contributed by atoms with Crippen LogP contribution >= 0.6 is 90.4 Å². The van der Waals surface area contributed by atoms with Gasteiger partial charge >= 0.3 is 23.9 Å². The Balaban J connectivity index is -0.00000103. The van der Waals surface area contributed by atoms with E-state index in [1.165, 1.54) is 0 Å². The third kappa shape index (κ3) is 27.6. The van der Waals surface area contributed by atoms with Crippen molar-refractivity contribution in [3.63, 3.8) is 0 Å². The van der Waals surface area contributed by atoms with Crippen LogP contribution in [0.25, 0.3) is 0 Å². The van der Waals surface area contributed by atoms with Crippen LogP contribution in [-0.2, 0) is 58.8 Å². The number of halogens is 4. The summed E-state index contributed by atoms with van der Waals surface area (Å²) in [5.41, 5.74) is 3.47. The Morgan fingerprint density at radius 1 is 0.506 bits per heavy atom. The molecule has 0 fully saturated rings. The van der Waals surface area contributed by atoms with E-state index in [4.69, 9.17) is 42.6 Å². The molecule has 19 heteroatoms. The minimum absolute atomic E-state index is 0. The highest BCUT2D eigenvalue weighted by Crippen LogP contribution is 2.41. The molecule has 6 atom stereocenters. The third-order valence-corrected chi connectivity index (χ3v) is 15.0. The lowest BCUT2D eigenvalue weighted by molar-refractivity contribution is -0.155. The van der Waals surface area contributed by atoms with Crippen molar-refractivity contribution in [1.82, 2.24) is 0 Å². The Morgan fingerprint density at radius 3 is 1.25 bits per heavy atom. The summed E-state index contributed by atoms with van der Waals surface area (Å²) >= 11 is 8.44. The van der Waals surface area contributed by atoms with Crippen molar-refractivity contribution in [3.8, 4) is 28.7 Å². The minimum Gasteiger partial charge on any atom is -0.507 e. The smallest absolute Gasteiger partial charge is 0.333 e. The molecule has 2 N–H and O–H groups in total. The first-order chi connectivity index (χ1) is 37.2. The first-order valence-corrected chi connectivity index (χ1v) is 29.8. The predicted molar refractivity (Wildman–Crippen MR) is 366 cm³/mol. The monoisotopic (exact) mass is 1610 g/mol. The van der Waals surface area contributed by atoms with Gasteiger partial charge < -0.3 is 52.8 Å². The molecule has 0 aliphatic carbocycles. The Hall–Kier alpha value is -4.44. The number of rotatable bonds is 23. The van der Waals surface area contributed by atoms with Gasteiger partial charge in [-0.05, 0) is 252 Å². The molecule has 15 nitrogen and oxygen atoms in total. The van der Waals surface area contributed by atoms with Crippen molar-refractivity contribution in [2.45, 2.75) is 168 Å². The number of esters is 4. The molecule has 6 unspecified atom stereocenters. The van der Waals surface area contributed by atoms with Crippen LogP contribution in [0.3, 0.4) is 0 Å². The summed E-state index contributed by atoms with van der Waals surface area (Å²) in [5.74, 6) is 0.770. The van der Waals surface area contributed by atoms with Crippen molar-refractivity contribution >= 4 is 114 Å². The summed E-state index contributed by atoms with van der Waals surface area (Å²) in [7, 11) is 1.58. The molecule has 0 spiro atoms. The highest BCUT2D eigenvalue weighted by molar-refractivity contribution is 14.1. The molecular formula is C64H90I4O15. The summed E-state index contributed by atoms with van der Waals surface area (Å²) < 4.78 is 52.7. The molecule has 0 saturated heterocycles. The minimum atomic E-state index is -0.784. The fraction of sp³-hybridized carbons (Fsp3) is 0.438. The quantitative estimate of drug-likeness (QED) is 0.0234. The van der Waals surface area contributed by atoms with E-state index in [1.54, 1.807) is 72.1 Å². The van der Waals surface area contributed by atoms with Gasteiger partial charge in [0.2, 0.25) is 0 Å². The number of hydrogen-bond donors (Lipinski definition) is 2. The van der Waals surface area contributed by atoms with Gasteiger partial charge in [0.15, 0.2) is 24.1 Å². The molecule has 0 aliphatic heterocycles. The zero-order chi connectivity index (χ0) is 61.4. The third-order valence-electron chi connectivity index (χ3n) is 11.6. The number of ether oxygens (including phenoxy) is 9. The number of hydrogen-bond acceptors (Lipinski definition) is 15. The van der Waals surface area contributed by atoms with Crippen LogP contribution in [0.2, 0.25) is 0 Å². The Bertz CT molecular complexity index is 2800. The highest BCUT2D eigenvalue weighted by Gasteiger charge is 2.33. The molecule has 0 bridgehead atoms. The molecule has 83 heavy (non-hydrogen) atoms. The molecular weight excluding hydrogens is 1520 g/mol. The van der Waals surface area contributed by atoms with Crippen molar-refractivity contribution in [2.75, 3.05) is 20.3 Å². The molecule has 0 aromatic heterocycles. The first kappa shape index (κ1) is 82.8. The molecule has 4 aromatic rings. The van der Waals surface area contributed by atoms with Crippen LogP contribution in [0.4, 0.5) is 0 Å². The van der Waals surface area contributed by atoms with Crippen LogP contribution in [0, 0.1) is 14.3 Å². The van der Waals surface area contributed by atoms with E-state index >= 15 is 0 Å². The van der Waals surface area contributed by atoms with Crippen molar-refractivity contribution in [3.05, 3.63) is 152 Å². The van der Waals surface area contributed by atoms with E-state index in [0.29, 0.717) is 59.8 Å². The van der Waals surface area contributed by atoms with E-state index in [0.717, 1.165) is 42.3 Å². The predicted octanol–water partition coefficient (Wildman–Crippen LogP) is 17.9. The molecule has 0 saturated carbocycles. The van der Waals surface area contributed by atoms with Gasteiger partial charge in [-0.1, -0.05) is 80.6 Å². The Labute approximate surface area is 550 Å². The van der Waals surface area contributed by atoms with Crippen molar-refractivity contribution in [1.29, 1.82) is 0 Å². The maximum atomic E-state index is 12.0. The lowest BCUT2D eigenvalue weighted by Gasteiger charge is -2.30. The van der Waals surface area contributed by atoms with Crippen molar-refractivity contribution < 1.29 is 72.0 Å². The second-order valence-corrected chi connectivity index (χ2v) is 23.2. The molecule has 0 heterocycles. The second kappa shape index (κ2) is 40.0. The summed E-state index contributed by atoms with van der Waals surface area (Å²) in [6.07, 6.45) is -0.113. The fourth-order valence-corrected chi connectivity index (χ4v) is 8.86. The van der Waals surface area contributed by atoms with E-state index in [-0.39, 0.29) is 58.2 Å². The summed E-state index contributed by atoms with van der Waals surface area (Å²) in [6.45, 7) is 40.8. The maximum absolute atomic E-state index is 12.0. The number of phenols is 2. The van der Waals surface area contributed by atoms with E-state index in [9.17, 15) is 29.4 Å². The van der Waals surface area contributed by atoms with Gasteiger partial charge in [-0.2, -0.15) is 0 Å². The number of methoxy groups -OCH3 is 1. The SMILES string of the molecule is C.C.C.C=C(C)C(=O)OC(C)(CC)c1cc(I)c(OC(C)OCC)c(OC)c1.C=C(C)C(=O)OC(C)(CC)c1ccc(O)c(I)c1.C=C(C)C(=O)OC(C)c1ccc(O)c(I)c1.C=C(C)C(=O)OC(C)c1ccc(OC(C)OCC)c(I)c1.